The summed E-state index contributed by atoms with van der Waals surface area (Å²) in [7, 11) is 0. The van der Waals surface area contributed by atoms with Crippen molar-refractivity contribution in [2.75, 3.05) is 6.54 Å². The second-order valence-electron chi connectivity index (χ2n) is 6.26. The minimum absolute atomic E-state index is 0.104. The summed E-state index contributed by atoms with van der Waals surface area (Å²) in [6, 6.07) is 19.7. The number of carbonyl (C=O) groups excluding carboxylic acids is 1. The van der Waals surface area contributed by atoms with Crippen LogP contribution in [0.5, 0.6) is 5.75 Å². The number of phenolic OH excluding ortho intramolecular Hbond substituents is 1. The maximum atomic E-state index is 12.1. The van der Waals surface area contributed by atoms with Crippen molar-refractivity contribution >= 4 is 16.8 Å². The lowest BCUT2D eigenvalue weighted by molar-refractivity contribution is 0.174. The highest BCUT2D eigenvalue weighted by Gasteiger charge is 2.14. The van der Waals surface area contributed by atoms with Crippen LogP contribution in [0.1, 0.15) is 30.2 Å². The Bertz CT molecular complexity index is 905. The van der Waals surface area contributed by atoms with Gasteiger partial charge in [0.2, 0.25) is 0 Å². The molecule has 0 aliphatic carbocycles. The van der Waals surface area contributed by atoms with Gasteiger partial charge in [0.1, 0.15) is 5.75 Å². The van der Waals surface area contributed by atoms with Gasteiger partial charge in [0.05, 0.1) is 12.1 Å². The van der Waals surface area contributed by atoms with Crippen LogP contribution in [0.25, 0.3) is 10.8 Å². The number of fused-ring (bicyclic) bond motifs is 1. The van der Waals surface area contributed by atoms with Crippen LogP contribution in [-0.2, 0) is 0 Å². The zero-order valence-electron chi connectivity index (χ0n) is 14.5. The van der Waals surface area contributed by atoms with E-state index in [1.54, 1.807) is 18.2 Å². The maximum Gasteiger partial charge on any atom is 0.315 e. The number of hydrogen-bond donors (Lipinski definition) is 4. The van der Waals surface area contributed by atoms with Crippen molar-refractivity contribution in [1.29, 1.82) is 0 Å². The summed E-state index contributed by atoms with van der Waals surface area (Å²) in [6.45, 7) is 1.93. The largest absolute Gasteiger partial charge is 0.508 e. The molecule has 2 unspecified atom stereocenters. The van der Waals surface area contributed by atoms with Crippen molar-refractivity contribution in [3.63, 3.8) is 0 Å². The number of rotatable bonds is 5. The van der Waals surface area contributed by atoms with Gasteiger partial charge in [0.25, 0.3) is 0 Å². The molecule has 0 saturated carbocycles. The summed E-state index contributed by atoms with van der Waals surface area (Å²) in [6.07, 6.45) is -0.803. The highest BCUT2D eigenvalue weighted by atomic mass is 16.3. The summed E-state index contributed by atoms with van der Waals surface area (Å²) in [5.74, 6) is 0.155. The van der Waals surface area contributed by atoms with E-state index in [2.05, 4.69) is 10.6 Å². The van der Waals surface area contributed by atoms with E-state index in [1.165, 1.54) is 0 Å². The van der Waals surface area contributed by atoms with E-state index in [0.29, 0.717) is 0 Å². The molecule has 134 valence electrons. The Morgan fingerprint density at radius 1 is 1.04 bits per heavy atom. The van der Waals surface area contributed by atoms with Crippen molar-refractivity contribution in [1.82, 2.24) is 10.6 Å². The van der Waals surface area contributed by atoms with Crippen molar-refractivity contribution < 1.29 is 15.0 Å². The molecule has 3 aromatic rings. The lowest BCUT2D eigenvalue weighted by atomic mass is 10.0. The maximum absolute atomic E-state index is 12.1. The molecule has 0 aliphatic rings. The molecular weight excluding hydrogens is 328 g/mol. The van der Waals surface area contributed by atoms with Crippen LogP contribution >= 0.6 is 0 Å². The van der Waals surface area contributed by atoms with E-state index < -0.39 is 6.10 Å². The van der Waals surface area contributed by atoms with Gasteiger partial charge < -0.3 is 20.8 Å². The summed E-state index contributed by atoms with van der Waals surface area (Å²) in [5.41, 5.74) is 1.58. The Balaban J connectivity index is 1.60. The number of nitrogens with one attached hydrogen (secondary N) is 2. The van der Waals surface area contributed by atoms with Crippen molar-refractivity contribution in [2.45, 2.75) is 19.1 Å². The van der Waals surface area contributed by atoms with Crippen molar-refractivity contribution in [2.24, 2.45) is 0 Å². The van der Waals surface area contributed by atoms with Crippen molar-refractivity contribution in [3.8, 4) is 5.75 Å². The molecule has 5 nitrogen and oxygen atoms in total. The highest BCUT2D eigenvalue weighted by molar-refractivity contribution is 5.86. The van der Waals surface area contributed by atoms with E-state index in [4.69, 9.17) is 0 Å². The normalized spacial score (nSPS) is 13.2. The number of aromatic hydroxyl groups is 1. The van der Waals surface area contributed by atoms with E-state index >= 15 is 0 Å². The molecule has 0 radical (unpaired) electrons. The third-order valence-electron chi connectivity index (χ3n) is 4.36. The molecule has 0 aromatic heterocycles. The zero-order chi connectivity index (χ0) is 18.5. The van der Waals surface area contributed by atoms with Crippen LogP contribution < -0.4 is 10.6 Å². The van der Waals surface area contributed by atoms with Crippen LogP contribution in [0.15, 0.2) is 66.7 Å². The first kappa shape index (κ1) is 17.8. The predicted molar refractivity (Wildman–Crippen MR) is 102 cm³/mol. The Hall–Kier alpha value is -3.05. The monoisotopic (exact) mass is 350 g/mol. The quantitative estimate of drug-likeness (QED) is 0.567. The number of aliphatic hydroxyl groups is 1. The molecule has 0 saturated heterocycles. The molecule has 0 bridgehead atoms. The SMILES string of the molecule is CC(NC(=O)NCC(O)c1cccc2ccccc12)c1cccc(O)c1. The molecule has 0 heterocycles. The van der Waals surface area contributed by atoms with Gasteiger partial charge in [-0.3, -0.25) is 0 Å². The van der Waals surface area contributed by atoms with Gasteiger partial charge in [0.15, 0.2) is 0 Å². The lowest BCUT2D eigenvalue weighted by Crippen LogP contribution is -2.39. The van der Waals surface area contributed by atoms with Crippen molar-refractivity contribution in [3.05, 3.63) is 77.9 Å². The fourth-order valence-electron chi connectivity index (χ4n) is 2.97. The van der Waals surface area contributed by atoms with Crippen LogP contribution in [0.2, 0.25) is 0 Å². The Labute approximate surface area is 152 Å². The van der Waals surface area contributed by atoms with Gasteiger partial charge in [-0.05, 0) is 41.0 Å². The first-order chi connectivity index (χ1) is 12.5. The van der Waals surface area contributed by atoms with Crippen LogP contribution in [0.3, 0.4) is 0 Å². The third-order valence-corrected chi connectivity index (χ3v) is 4.36. The van der Waals surface area contributed by atoms with E-state index in [9.17, 15) is 15.0 Å². The second-order valence-corrected chi connectivity index (χ2v) is 6.26. The molecule has 2 atom stereocenters. The number of urea groups is 1. The molecule has 3 rings (SSSR count). The molecular formula is C21H22N2O3. The fourth-order valence-corrected chi connectivity index (χ4v) is 2.97. The fraction of sp³-hybridized carbons (Fsp3) is 0.190. The first-order valence-electron chi connectivity index (χ1n) is 8.53. The van der Waals surface area contributed by atoms with Gasteiger partial charge in [-0.15, -0.1) is 0 Å². The third kappa shape index (κ3) is 4.13. The molecule has 3 aromatic carbocycles. The number of amides is 2. The smallest absolute Gasteiger partial charge is 0.315 e. The summed E-state index contributed by atoms with van der Waals surface area (Å²) < 4.78 is 0. The lowest BCUT2D eigenvalue weighted by Gasteiger charge is -2.18. The average Bonchev–Trinajstić information content (AvgIpc) is 2.65. The molecule has 2 amide bonds. The number of aliphatic hydroxyl groups excluding tert-OH is 1. The zero-order valence-corrected chi connectivity index (χ0v) is 14.5. The molecule has 0 spiro atoms. The molecule has 0 aliphatic heterocycles. The summed E-state index contributed by atoms with van der Waals surface area (Å²) in [5, 5.41) is 27.5. The Morgan fingerprint density at radius 2 is 1.77 bits per heavy atom. The van der Waals surface area contributed by atoms with Gasteiger partial charge in [-0.2, -0.15) is 0 Å². The number of benzene rings is 3. The van der Waals surface area contributed by atoms with E-state index in [0.717, 1.165) is 21.9 Å². The van der Waals surface area contributed by atoms with Gasteiger partial charge in [-0.1, -0.05) is 54.6 Å². The Kier molecular flexibility index (Phi) is 5.39. The van der Waals surface area contributed by atoms with Crippen LogP contribution in [-0.4, -0.2) is 22.8 Å². The predicted octanol–water partition coefficient (Wildman–Crippen LogP) is 3.64. The molecule has 5 heteroatoms. The molecule has 26 heavy (non-hydrogen) atoms. The van der Waals surface area contributed by atoms with Gasteiger partial charge in [-0.25, -0.2) is 4.79 Å². The second kappa shape index (κ2) is 7.89. The molecule has 0 fully saturated rings. The van der Waals surface area contributed by atoms with Crippen LogP contribution in [0, 0.1) is 0 Å². The van der Waals surface area contributed by atoms with Crippen LogP contribution in [0.4, 0.5) is 4.79 Å². The Morgan fingerprint density at radius 3 is 2.58 bits per heavy atom. The minimum atomic E-state index is -0.803. The number of hydrogen-bond acceptors (Lipinski definition) is 3. The first-order valence-corrected chi connectivity index (χ1v) is 8.53. The highest BCUT2D eigenvalue weighted by Crippen LogP contribution is 2.24. The topological polar surface area (TPSA) is 81.6 Å². The molecule has 4 N–H and O–H groups in total. The van der Waals surface area contributed by atoms with Gasteiger partial charge >= 0.3 is 6.03 Å². The summed E-state index contributed by atoms with van der Waals surface area (Å²) >= 11 is 0. The van der Waals surface area contributed by atoms with E-state index in [-0.39, 0.29) is 24.4 Å². The average molecular weight is 350 g/mol. The summed E-state index contributed by atoms with van der Waals surface area (Å²) in [4.78, 5) is 12.1. The standard InChI is InChI=1S/C21H22N2O3/c1-14(16-8-4-9-17(24)12-16)23-21(26)22-13-20(25)19-11-5-7-15-6-2-3-10-18(15)19/h2-12,14,20,24-25H,13H2,1H3,(H2,22,23,26). The number of phenols is 1. The number of carbonyl (C=O) groups is 1. The van der Waals surface area contributed by atoms with E-state index in [1.807, 2.05) is 55.5 Å². The minimum Gasteiger partial charge on any atom is -0.508 e. The van der Waals surface area contributed by atoms with Gasteiger partial charge in [0, 0.05) is 6.54 Å².